The molecule has 58 valence electrons. The molecule has 0 bridgehead atoms. The van der Waals surface area contributed by atoms with Crippen LogP contribution >= 0.6 is 0 Å². The Morgan fingerprint density at radius 3 is 3.09 bits per heavy atom. The Hall–Kier alpha value is -1.58. The summed E-state index contributed by atoms with van der Waals surface area (Å²) in [6, 6.07) is 1.63. The molecule has 0 aliphatic carbocycles. The minimum absolute atomic E-state index is 0.676. The van der Waals surface area contributed by atoms with Gasteiger partial charge >= 0.3 is 5.97 Å². The number of furan rings is 1. The fourth-order valence-electron chi connectivity index (χ4n) is 0.560. The zero-order valence-electron chi connectivity index (χ0n) is 5.49. The zero-order valence-corrected chi connectivity index (χ0v) is 5.49. The maximum absolute atomic E-state index is 11.1. The molecule has 4 heteroatoms. The Labute approximate surface area is 62.0 Å². The van der Waals surface area contributed by atoms with E-state index in [1.807, 2.05) is 0 Å². The van der Waals surface area contributed by atoms with Gasteiger partial charge in [-0.15, -0.1) is 0 Å². The molecule has 1 aromatic rings. The van der Waals surface area contributed by atoms with E-state index in [0.29, 0.717) is 5.56 Å². The first kappa shape index (κ1) is 7.53. The second-order valence-electron chi connectivity index (χ2n) is 1.79. The van der Waals surface area contributed by atoms with Gasteiger partial charge in [-0.25, -0.2) is 4.79 Å². The molecule has 0 saturated heterocycles. The van der Waals surface area contributed by atoms with Crippen LogP contribution in [0.5, 0.6) is 0 Å². The minimum atomic E-state index is -1.04. The first-order valence-electron chi connectivity index (χ1n) is 2.86. The predicted molar refractivity (Wildman–Crippen MR) is 34.9 cm³/mol. The second kappa shape index (κ2) is 3.55. The minimum Gasteiger partial charge on any atom is -0.472 e. The van der Waals surface area contributed by atoms with Crippen molar-refractivity contribution in [3.8, 4) is 0 Å². The van der Waals surface area contributed by atoms with Crippen LogP contribution in [0.3, 0.4) is 0 Å². The summed E-state index contributed by atoms with van der Waals surface area (Å²) in [5, 5.41) is 0. The highest BCUT2D eigenvalue weighted by Gasteiger charge is 1.94. The molecule has 0 N–H and O–H groups in total. The van der Waals surface area contributed by atoms with Crippen molar-refractivity contribution in [2.24, 2.45) is 0 Å². The van der Waals surface area contributed by atoms with Crippen molar-refractivity contribution in [3.63, 3.8) is 0 Å². The van der Waals surface area contributed by atoms with Gasteiger partial charge in [0, 0.05) is 16.2 Å². The molecule has 0 aliphatic rings. The third-order valence-electron chi connectivity index (χ3n) is 1.03. The van der Waals surface area contributed by atoms with Crippen LogP contribution in [0.1, 0.15) is 5.56 Å². The number of carbonyl (C=O) groups is 1. The first-order chi connectivity index (χ1) is 5.33. The van der Waals surface area contributed by atoms with Gasteiger partial charge in [0.1, 0.15) is 0 Å². The largest absolute Gasteiger partial charge is 0.472 e. The molecule has 0 fully saturated rings. The highest BCUT2D eigenvalue weighted by atomic mass is 19.3. The zero-order chi connectivity index (χ0) is 8.10. The number of rotatable bonds is 2. The molecule has 0 saturated carbocycles. The lowest BCUT2D eigenvalue weighted by molar-refractivity contribution is -0.176. The van der Waals surface area contributed by atoms with Crippen molar-refractivity contribution < 1.29 is 18.7 Å². The molecule has 0 aromatic carbocycles. The van der Waals surface area contributed by atoms with Gasteiger partial charge in [0.15, 0.2) is 0 Å². The molecular formula is C7H5FO3. The van der Waals surface area contributed by atoms with Crippen LogP contribution < -0.4 is 0 Å². The van der Waals surface area contributed by atoms with E-state index in [-0.39, 0.29) is 0 Å². The average molecular weight is 156 g/mol. The van der Waals surface area contributed by atoms with E-state index < -0.39 is 5.97 Å². The van der Waals surface area contributed by atoms with Gasteiger partial charge in [0.05, 0.1) is 12.5 Å². The van der Waals surface area contributed by atoms with Gasteiger partial charge in [-0.3, -0.25) is 4.94 Å². The second-order valence-corrected chi connectivity index (χ2v) is 1.79. The van der Waals surface area contributed by atoms with E-state index in [1.54, 1.807) is 6.07 Å². The van der Waals surface area contributed by atoms with Crippen molar-refractivity contribution in [3.05, 3.63) is 30.2 Å². The fraction of sp³-hybridized carbons (Fsp3) is 0. The van der Waals surface area contributed by atoms with Gasteiger partial charge in [0.25, 0.3) is 0 Å². The number of hydrogen-bond acceptors (Lipinski definition) is 3. The monoisotopic (exact) mass is 156 g/mol. The van der Waals surface area contributed by atoms with Crippen LogP contribution in [-0.4, -0.2) is 5.97 Å². The lowest BCUT2D eigenvalue weighted by atomic mass is 10.3. The van der Waals surface area contributed by atoms with Crippen molar-refractivity contribution in [2.45, 2.75) is 0 Å². The lowest BCUT2D eigenvalue weighted by Gasteiger charge is -1.81. The van der Waals surface area contributed by atoms with Crippen molar-refractivity contribution in [1.82, 2.24) is 0 Å². The molecule has 0 unspecified atom stereocenters. The molecule has 11 heavy (non-hydrogen) atoms. The van der Waals surface area contributed by atoms with E-state index >= 15 is 0 Å². The Morgan fingerprint density at radius 1 is 1.73 bits per heavy atom. The van der Waals surface area contributed by atoms with E-state index in [4.69, 9.17) is 0 Å². The smallest absolute Gasteiger partial charge is 0.372 e. The molecule has 0 radical (unpaired) electrons. The Balaban J connectivity index is 2.55. The van der Waals surface area contributed by atoms with Gasteiger partial charge in [-0.1, -0.05) is 0 Å². The molecule has 1 rings (SSSR count). The summed E-state index contributed by atoms with van der Waals surface area (Å²) in [5.41, 5.74) is 0.676. The fourth-order valence-corrected chi connectivity index (χ4v) is 0.560. The number of halogens is 1. The maximum atomic E-state index is 11.1. The highest BCUT2D eigenvalue weighted by molar-refractivity contribution is 5.86. The van der Waals surface area contributed by atoms with Gasteiger partial charge in [-0.2, -0.15) is 0 Å². The molecule has 1 aromatic heterocycles. The highest BCUT2D eigenvalue weighted by Crippen LogP contribution is 2.01. The Bertz CT molecular complexity index is 251. The maximum Gasteiger partial charge on any atom is 0.372 e. The summed E-state index contributed by atoms with van der Waals surface area (Å²) in [5.74, 6) is -1.04. The summed E-state index contributed by atoms with van der Waals surface area (Å²) >= 11 is 0. The van der Waals surface area contributed by atoms with Crippen LogP contribution in [0.25, 0.3) is 6.08 Å². The van der Waals surface area contributed by atoms with E-state index in [1.165, 1.54) is 18.6 Å². The summed E-state index contributed by atoms with van der Waals surface area (Å²) < 4.78 is 15.8. The van der Waals surface area contributed by atoms with Crippen molar-refractivity contribution in [2.75, 3.05) is 0 Å². The van der Waals surface area contributed by atoms with Gasteiger partial charge < -0.3 is 4.42 Å². The summed E-state index contributed by atoms with van der Waals surface area (Å²) in [6.07, 6.45) is 5.21. The molecule has 0 spiro atoms. The third-order valence-corrected chi connectivity index (χ3v) is 1.03. The molecule has 0 amide bonds. The third kappa shape index (κ3) is 2.25. The van der Waals surface area contributed by atoms with Crippen molar-refractivity contribution in [1.29, 1.82) is 0 Å². The first-order valence-corrected chi connectivity index (χ1v) is 2.86. The summed E-state index contributed by atoms with van der Waals surface area (Å²) in [6.45, 7) is 0. The summed E-state index contributed by atoms with van der Waals surface area (Å²) in [7, 11) is 0. The molecule has 3 nitrogen and oxygen atoms in total. The van der Waals surface area contributed by atoms with E-state index in [2.05, 4.69) is 9.36 Å². The Kier molecular flexibility index (Phi) is 2.43. The molecule has 0 atom stereocenters. The van der Waals surface area contributed by atoms with Crippen LogP contribution in [0.2, 0.25) is 0 Å². The normalized spacial score (nSPS) is 10.3. The van der Waals surface area contributed by atoms with Gasteiger partial charge in [-0.05, 0) is 12.1 Å². The predicted octanol–water partition coefficient (Wildman–Crippen LogP) is 1.72. The number of hydrogen-bond donors (Lipinski definition) is 0. The van der Waals surface area contributed by atoms with Crippen LogP contribution in [0, 0.1) is 0 Å². The van der Waals surface area contributed by atoms with Crippen molar-refractivity contribution >= 4 is 12.0 Å². The Morgan fingerprint density at radius 2 is 2.55 bits per heavy atom. The number of carbonyl (C=O) groups excluding carboxylic acids is 1. The van der Waals surface area contributed by atoms with E-state index in [0.717, 1.165) is 6.08 Å². The van der Waals surface area contributed by atoms with Crippen LogP contribution in [0.15, 0.2) is 29.1 Å². The standard InChI is InChI=1S/C7H5FO3/c8-11-7(9)2-1-6-3-4-10-5-6/h1-5H/b2-1+. The van der Waals surface area contributed by atoms with Crippen LogP contribution in [-0.2, 0) is 9.74 Å². The quantitative estimate of drug-likeness (QED) is 0.612. The molecule has 0 aliphatic heterocycles. The summed E-state index contributed by atoms with van der Waals surface area (Å²) in [4.78, 5) is 13.1. The molecule has 1 heterocycles. The average Bonchev–Trinajstić information content (AvgIpc) is 2.52. The van der Waals surface area contributed by atoms with Crippen LogP contribution in [0.4, 0.5) is 4.53 Å². The van der Waals surface area contributed by atoms with Gasteiger partial charge in [0.2, 0.25) is 0 Å². The lowest BCUT2D eigenvalue weighted by Crippen LogP contribution is -1.88. The van der Waals surface area contributed by atoms with E-state index in [9.17, 15) is 9.32 Å². The SMILES string of the molecule is O=C(/C=C/c1ccoc1)OF. The topological polar surface area (TPSA) is 39.4 Å². The molecular weight excluding hydrogens is 151 g/mol.